The third kappa shape index (κ3) is 6.79. The van der Waals surface area contributed by atoms with E-state index < -0.39 is 10.0 Å². The van der Waals surface area contributed by atoms with Gasteiger partial charge in [0, 0.05) is 43.4 Å². The van der Waals surface area contributed by atoms with Crippen LogP contribution in [0.2, 0.25) is 0 Å². The Morgan fingerprint density at radius 2 is 1.82 bits per heavy atom. The summed E-state index contributed by atoms with van der Waals surface area (Å²) in [6.07, 6.45) is 2.24. The van der Waals surface area contributed by atoms with E-state index in [0.29, 0.717) is 24.7 Å². The normalized spacial score (nSPS) is 21.6. The number of nitrogens with one attached hydrogen (secondary N) is 3. The molecule has 0 aliphatic carbocycles. The molecule has 4 rings (SSSR count). The number of carbonyl (C=O) groups excluding carboxylic acids is 1. The summed E-state index contributed by atoms with van der Waals surface area (Å²) < 4.78 is 28.3. The lowest BCUT2D eigenvalue weighted by Crippen LogP contribution is -2.59. The maximum atomic E-state index is 13.4. The van der Waals surface area contributed by atoms with Gasteiger partial charge in [-0.3, -0.25) is 9.69 Å². The Hall–Kier alpha value is -2.81. The monoisotopic (exact) mass is 538 g/mol. The number of piperazine rings is 1. The number of aryl methyl sites for hydroxylation is 1. The molecule has 2 heterocycles. The van der Waals surface area contributed by atoms with E-state index in [-0.39, 0.29) is 29.4 Å². The summed E-state index contributed by atoms with van der Waals surface area (Å²) in [5.41, 5.74) is 3.24. The van der Waals surface area contributed by atoms with Gasteiger partial charge in [0.05, 0.1) is 23.1 Å². The van der Waals surface area contributed by atoms with Crippen molar-refractivity contribution in [1.29, 1.82) is 5.26 Å². The summed E-state index contributed by atoms with van der Waals surface area (Å²) in [7, 11) is -3.77. The molecule has 38 heavy (non-hydrogen) atoms. The maximum Gasteiger partial charge on any atom is 0.243 e. The Balaban J connectivity index is 1.35. The first-order chi connectivity index (χ1) is 18.2. The minimum absolute atomic E-state index is 0.117. The predicted octanol–water partition coefficient (Wildman–Crippen LogP) is 2.43. The summed E-state index contributed by atoms with van der Waals surface area (Å²) in [4.78, 5) is 15.1. The van der Waals surface area contributed by atoms with Crippen molar-refractivity contribution in [3.05, 3.63) is 59.2 Å². The fourth-order valence-corrected chi connectivity index (χ4v) is 7.31. The van der Waals surface area contributed by atoms with Crippen molar-refractivity contribution in [2.24, 2.45) is 0 Å². The Morgan fingerprint density at radius 1 is 1.11 bits per heavy atom. The number of anilines is 1. The molecular weight excluding hydrogens is 500 g/mol. The smallest absolute Gasteiger partial charge is 0.243 e. The first kappa shape index (κ1) is 28.2. The van der Waals surface area contributed by atoms with E-state index in [0.717, 1.165) is 49.3 Å². The molecule has 1 amide bonds. The van der Waals surface area contributed by atoms with E-state index in [1.165, 1.54) is 16.4 Å². The summed E-state index contributed by atoms with van der Waals surface area (Å²) in [6, 6.07) is 14.1. The molecule has 3 N–H and O–H groups in total. The molecule has 0 saturated carbocycles. The minimum Gasteiger partial charge on any atom is -0.325 e. The van der Waals surface area contributed by atoms with Gasteiger partial charge in [0.25, 0.3) is 0 Å². The molecule has 2 aromatic rings. The highest BCUT2D eigenvalue weighted by molar-refractivity contribution is 7.89. The van der Waals surface area contributed by atoms with Crippen LogP contribution in [0.4, 0.5) is 5.69 Å². The molecule has 9 nitrogen and oxygen atoms in total. The molecule has 2 atom stereocenters. The first-order valence-corrected chi connectivity index (χ1v) is 14.7. The number of nitriles is 1. The number of hydrogen-bond acceptors (Lipinski definition) is 7. The molecule has 0 radical (unpaired) electrons. The Kier molecular flexibility index (Phi) is 9.18. The summed E-state index contributed by atoms with van der Waals surface area (Å²) >= 11 is 0. The molecule has 204 valence electrons. The minimum atomic E-state index is -3.77. The van der Waals surface area contributed by atoms with Gasteiger partial charge in [0.1, 0.15) is 0 Å². The van der Waals surface area contributed by atoms with Gasteiger partial charge < -0.3 is 16.0 Å². The molecule has 2 aliphatic heterocycles. The second kappa shape index (κ2) is 12.4. The highest BCUT2D eigenvalue weighted by Gasteiger charge is 2.38. The standard InChI is InChI=1S/C28H38N6O3S/c1-20-7-8-24(16-31-25-9-11-30-12-10-25)14-27(20)32-28(35)19-33-17-21(2)34(22(3)18-33)38(36,37)26-6-4-5-23(13-26)15-29/h4-8,13-14,21-22,25,30-31H,9-12,16-19H2,1-3H3,(H,32,35). The fraction of sp³-hybridized carbons (Fsp3) is 0.500. The lowest BCUT2D eigenvalue weighted by atomic mass is 10.1. The number of benzene rings is 2. The fourth-order valence-electron chi connectivity index (χ4n) is 5.46. The Morgan fingerprint density at radius 3 is 2.50 bits per heavy atom. The van der Waals surface area contributed by atoms with Crippen LogP contribution >= 0.6 is 0 Å². The quantitative estimate of drug-likeness (QED) is 0.473. The van der Waals surface area contributed by atoms with Gasteiger partial charge in [0.15, 0.2) is 0 Å². The number of sulfonamides is 1. The van der Waals surface area contributed by atoms with Crippen LogP contribution in [0.5, 0.6) is 0 Å². The molecule has 2 fully saturated rings. The third-order valence-electron chi connectivity index (χ3n) is 7.33. The van der Waals surface area contributed by atoms with Crippen molar-refractivity contribution in [3.63, 3.8) is 0 Å². The Labute approximate surface area is 226 Å². The van der Waals surface area contributed by atoms with Crippen LogP contribution in [-0.2, 0) is 21.4 Å². The van der Waals surface area contributed by atoms with Gasteiger partial charge in [-0.15, -0.1) is 0 Å². The van der Waals surface area contributed by atoms with E-state index in [2.05, 4.69) is 22.0 Å². The number of rotatable bonds is 8. The predicted molar refractivity (Wildman–Crippen MR) is 148 cm³/mol. The van der Waals surface area contributed by atoms with Crippen LogP contribution in [0.15, 0.2) is 47.4 Å². The average molecular weight is 539 g/mol. The first-order valence-electron chi connectivity index (χ1n) is 13.3. The van der Waals surface area contributed by atoms with Gasteiger partial charge in [-0.05, 0) is 82.1 Å². The third-order valence-corrected chi connectivity index (χ3v) is 9.45. The van der Waals surface area contributed by atoms with E-state index in [1.807, 2.05) is 43.9 Å². The average Bonchev–Trinajstić information content (AvgIpc) is 2.89. The van der Waals surface area contributed by atoms with Gasteiger partial charge in [-0.1, -0.05) is 18.2 Å². The number of amides is 1. The van der Waals surface area contributed by atoms with Gasteiger partial charge >= 0.3 is 0 Å². The second-order valence-electron chi connectivity index (χ2n) is 10.5. The van der Waals surface area contributed by atoms with Crippen molar-refractivity contribution < 1.29 is 13.2 Å². The van der Waals surface area contributed by atoms with Crippen LogP contribution in [0.25, 0.3) is 0 Å². The topological polar surface area (TPSA) is 118 Å². The molecule has 2 aliphatic rings. The van der Waals surface area contributed by atoms with Crippen LogP contribution in [0.3, 0.4) is 0 Å². The molecule has 2 saturated heterocycles. The van der Waals surface area contributed by atoms with E-state index >= 15 is 0 Å². The van der Waals surface area contributed by atoms with Gasteiger partial charge in [-0.25, -0.2) is 8.42 Å². The second-order valence-corrected chi connectivity index (χ2v) is 12.3. The number of piperidine rings is 1. The maximum absolute atomic E-state index is 13.4. The SMILES string of the molecule is Cc1ccc(CNC2CCNCC2)cc1NC(=O)CN1CC(C)N(S(=O)(=O)c2cccc(C#N)c2)C(C)C1. The van der Waals surface area contributed by atoms with E-state index in [9.17, 15) is 18.5 Å². The molecule has 2 unspecified atom stereocenters. The van der Waals surface area contributed by atoms with Gasteiger partial charge in [-0.2, -0.15) is 9.57 Å². The summed E-state index contributed by atoms with van der Waals surface area (Å²) in [5, 5.41) is 19.2. The van der Waals surface area contributed by atoms with Crippen LogP contribution in [0, 0.1) is 18.3 Å². The van der Waals surface area contributed by atoms with Crippen molar-refractivity contribution in [2.45, 2.75) is 63.2 Å². The van der Waals surface area contributed by atoms with Crippen molar-refractivity contribution in [1.82, 2.24) is 19.8 Å². The molecule has 2 aromatic carbocycles. The Bertz CT molecular complexity index is 1270. The van der Waals surface area contributed by atoms with Crippen molar-refractivity contribution in [3.8, 4) is 6.07 Å². The summed E-state index contributed by atoms with van der Waals surface area (Å²) in [5.74, 6) is -0.117. The van der Waals surface area contributed by atoms with Crippen LogP contribution < -0.4 is 16.0 Å². The lowest BCUT2D eigenvalue weighted by Gasteiger charge is -2.43. The van der Waals surface area contributed by atoms with E-state index in [4.69, 9.17) is 0 Å². The molecule has 0 aromatic heterocycles. The molecule has 0 spiro atoms. The highest BCUT2D eigenvalue weighted by Crippen LogP contribution is 2.26. The number of hydrogen-bond donors (Lipinski definition) is 3. The molecular formula is C28H38N6O3S. The van der Waals surface area contributed by atoms with Crippen molar-refractivity contribution in [2.75, 3.05) is 38.0 Å². The zero-order chi connectivity index (χ0) is 27.3. The molecule has 10 heteroatoms. The summed E-state index contributed by atoms with van der Waals surface area (Å²) in [6.45, 7) is 9.60. The number of carbonyl (C=O) groups is 1. The largest absolute Gasteiger partial charge is 0.325 e. The highest BCUT2D eigenvalue weighted by atomic mass is 32.2. The van der Waals surface area contributed by atoms with Crippen LogP contribution in [-0.4, -0.2) is 74.4 Å². The lowest BCUT2D eigenvalue weighted by molar-refractivity contribution is -0.118. The van der Waals surface area contributed by atoms with Crippen LogP contribution in [0.1, 0.15) is 43.4 Å². The number of nitrogens with zero attached hydrogens (tertiary/aromatic N) is 3. The zero-order valence-electron chi connectivity index (χ0n) is 22.4. The van der Waals surface area contributed by atoms with Crippen molar-refractivity contribution >= 4 is 21.6 Å². The molecule has 0 bridgehead atoms. The van der Waals surface area contributed by atoms with E-state index in [1.54, 1.807) is 12.1 Å². The van der Waals surface area contributed by atoms with Gasteiger partial charge in [0.2, 0.25) is 15.9 Å². The zero-order valence-corrected chi connectivity index (χ0v) is 23.2.